The third-order valence-electron chi connectivity index (χ3n) is 5.06. The maximum absolute atomic E-state index is 6.20. The van der Waals surface area contributed by atoms with Crippen LogP contribution in [0.5, 0.6) is 0 Å². The highest BCUT2D eigenvalue weighted by atomic mass is 35.5. The van der Waals surface area contributed by atoms with Crippen LogP contribution >= 0.6 is 11.6 Å². The van der Waals surface area contributed by atoms with Crippen LogP contribution in [-0.2, 0) is 11.3 Å². The van der Waals surface area contributed by atoms with E-state index in [1.807, 2.05) is 42.0 Å². The summed E-state index contributed by atoms with van der Waals surface area (Å²) in [4.78, 5) is 8.99. The van der Waals surface area contributed by atoms with E-state index in [1.54, 1.807) is 0 Å². The molecule has 4 rings (SSSR count). The van der Waals surface area contributed by atoms with Crippen molar-refractivity contribution in [2.45, 2.75) is 39.8 Å². The van der Waals surface area contributed by atoms with E-state index in [1.165, 1.54) is 5.57 Å². The van der Waals surface area contributed by atoms with Crippen molar-refractivity contribution < 1.29 is 4.74 Å². The SMILES string of the molecule is CC1=CCC(C)OC(C)=C1c1cnc2nc(N)n(Cc3ccc(Cl)cc3)c2c1. The molecule has 28 heavy (non-hydrogen) atoms. The van der Waals surface area contributed by atoms with E-state index in [4.69, 9.17) is 22.1 Å². The largest absolute Gasteiger partial charge is 0.494 e. The summed E-state index contributed by atoms with van der Waals surface area (Å²) in [6.45, 7) is 6.81. The van der Waals surface area contributed by atoms with Crippen LogP contribution < -0.4 is 5.73 Å². The van der Waals surface area contributed by atoms with Gasteiger partial charge in [-0.2, -0.15) is 4.98 Å². The summed E-state index contributed by atoms with van der Waals surface area (Å²) in [5.74, 6) is 1.36. The number of hydrogen-bond acceptors (Lipinski definition) is 4. The molecule has 0 bridgehead atoms. The number of ether oxygens (including phenoxy) is 1. The average Bonchev–Trinajstić information content (AvgIpc) is 2.89. The molecule has 0 amide bonds. The van der Waals surface area contributed by atoms with Gasteiger partial charge in [0.05, 0.1) is 18.2 Å². The summed E-state index contributed by atoms with van der Waals surface area (Å²) < 4.78 is 8.02. The fourth-order valence-electron chi connectivity index (χ4n) is 3.66. The number of nitrogen functional groups attached to an aromatic ring is 1. The number of nitrogens with zero attached hydrogens (tertiary/aromatic N) is 3. The Kier molecular flexibility index (Phi) is 4.85. The van der Waals surface area contributed by atoms with E-state index >= 15 is 0 Å². The lowest BCUT2D eigenvalue weighted by molar-refractivity contribution is 0.139. The number of nitrogens with two attached hydrogens (primary N) is 1. The first kappa shape index (κ1) is 18.6. The highest BCUT2D eigenvalue weighted by molar-refractivity contribution is 6.30. The molecule has 0 saturated heterocycles. The first-order valence-corrected chi connectivity index (χ1v) is 9.71. The van der Waals surface area contributed by atoms with Crippen LogP contribution in [0.2, 0.25) is 5.02 Å². The minimum Gasteiger partial charge on any atom is -0.494 e. The van der Waals surface area contributed by atoms with E-state index < -0.39 is 0 Å². The van der Waals surface area contributed by atoms with Crippen LogP contribution in [0.4, 0.5) is 5.95 Å². The second kappa shape index (κ2) is 7.32. The number of halogens is 1. The van der Waals surface area contributed by atoms with Gasteiger partial charge in [-0.25, -0.2) is 4.98 Å². The van der Waals surface area contributed by atoms with Gasteiger partial charge in [-0.05, 0) is 50.1 Å². The molecule has 1 aromatic carbocycles. The topological polar surface area (TPSA) is 66.0 Å². The van der Waals surface area contributed by atoms with Crippen molar-refractivity contribution in [3.63, 3.8) is 0 Å². The standard InChI is InChI=1S/C22H23ClN4O/c1-13-4-5-14(2)28-15(3)20(13)17-10-19-21(25-11-17)26-22(24)27(19)12-16-6-8-18(23)9-7-16/h4,6-11,14H,5,12H2,1-3H3,(H2,24,25,26). The Morgan fingerprint density at radius 2 is 2.00 bits per heavy atom. The number of aromatic nitrogens is 3. The lowest BCUT2D eigenvalue weighted by atomic mass is 9.98. The van der Waals surface area contributed by atoms with Gasteiger partial charge in [0.2, 0.25) is 5.95 Å². The van der Waals surface area contributed by atoms with Crippen molar-refractivity contribution in [1.29, 1.82) is 0 Å². The summed E-state index contributed by atoms with van der Waals surface area (Å²) in [5.41, 5.74) is 12.1. The lowest BCUT2D eigenvalue weighted by Crippen LogP contribution is -2.05. The molecule has 0 fully saturated rings. The molecule has 2 aromatic heterocycles. The summed E-state index contributed by atoms with van der Waals surface area (Å²) in [7, 11) is 0. The molecule has 0 aliphatic carbocycles. The molecule has 5 nitrogen and oxygen atoms in total. The van der Waals surface area contributed by atoms with Crippen LogP contribution in [0.3, 0.4) is 0 Å². The lowest BCUT2D eigenvalue weighted by Gasteiger charge is -2.15. The monoisotopic (exact) mass is 394 g/mol. The summed E-state index contributed by atoms with van der Waals surface area (Å²) in [6, 6.07) is 9.83. The number of anilines is 1. The second-order valence-electron chi connectivity index (χ2n) is 7.23. The van der Waals surface area contributed by atoms with Gasteiger partial charge in [0.25, 0.3) is 0 Å². The van der Waals surface area contributed by atoms with Crippen molar-refractivity contribution >= 4 is 34.3 Å². The van der Waals surface area contributed by atoms with Crippen LogP contribution in [0, 0.1) is 0 Å². The molecule has 3 heterocycles. The molecule has 1 aliphatic rings. The maximum Gasteiger partial charge on any atom is 0.203 e. The maximum atomic E-state index is 6.20. The Morgan fingerprint density at radius 3 is 2.75 bits per heavy atom. The van der Waals surface area contributed by atoms with Gasteiger partial charge in [0, 0.05) is 28.8 Å². The predicted octanol–water partition coefficient (Wildman–Crippen LogP) is 5.20. The van der Waals surface area contributed by atoms with E-state index in [9.17, 15) is 0 Å². The van der Waals surface area contributed by atoms with Gasteiger partial charge >= 0.3 is 0 Å². The Hall–Kier alpha value is -2.79. The van der Waals surface area contributed by atoms with Crippen molar-refractivity contribution in [3.8, 4) is 0 Å². The minimum absolute atomic E-state index is 0.162. The molecule has 1 atom stereocenters. The number of rotatable bonds is 3. The fourth-order valence-corrected chi connectivity index (χ4v) is 3.79. The molecule has 2 N–H and O–H groups in total. The quantitative estimate of drug-likeness (QED) is 0.662. The number of imidazole rings is 1. The number of benzene rings is 1. The zero-order chi connectivity index (χ0) is 19.8. The summed E-state index contributed by atoms with van der Waals surface area (Å²) in [6.07, 6.45) is 5.12. The van der Waals surface area contributed by atoms with Crippen LogP contribution in [0.25, 0.3) is 16.7 Å². The molecular formula is C22H23ClN4O. The molecule has 0 saturated carbocycles. The van der Waals surface area contributed by atoms with E-state index in [0.717, 1.165) is 34.4 Å². The molecule has 3 aromatic rings. The Labute approximate surface area is 169 Å². The van der Waals surface area contributed by atoms with Crippen LogP contribution in [-0.4, -0.2) is 20.6 Å². The molecule has 144 valence electrons. The van der Waals surface area contributed by atoms with Gasteiger partial charge in [-0.3, -0.25) is 0 Å². The van der Waals surface area contributed by atoms with Gasteiger partial charge in [-0.1, -0.05) is 29.8 Å². The van der Waals surface area contributed by atoms with E-state index in [2.05, 4.69) is 36.0 Å². The summed E-state index contributed by atoms with van der Waals surface area (Å²) in [5, 5.41) is 0.712. The average molecular weight is 395 g/mol. The second-order valence-corrected chi connectivity index (χ2v) is 7.67. The third kappa shape index (κ3) is 3.50. The minimum atomic E-state index is 0.162. The van der Waals surface area contributed by atoms with Gasteiger partial charge in [0.1, 0.15) is 5.76 Å². The zero-order valence-electron chi connectivity index (χ0n) is 16.2. The molecule has 0 radical (unpaired) electrons. The highest BCUT2D eigenvalue weighted by Gasteiger charge is 2.18. The first-order valence-electron chi connectivity index (χ1n) is 9.33. The Bertz CT molecular complexity index is 1100. The van der Waals surface area contributed by atoms with E-state index in [-0.39, 0.29) is 6.10 Å². The van der Waals surface area contributed by atoms with Gasteiger partial charge in [-0.15, -0.1) is 0 Å². The smallest absolute Gasteiger partial charge is 0.203 e. The molecule has 0 spiro atoms. The number of hydrogen-bond donors (Lipinski definition) is 1. The van der Waals surface area contributed by atoms with Crippen molar-refractivity contribution in [2.24, 2.45) is 0 Å². The van der Waals surface area contributed by atoms with E-state index in [0.29, 0.717) is 23.2 Å². The van der Waals surface area contributed by atoms with Crippen LogP contribution in [0.1, 0.15) is 38.3 Å². The fraction of sp³-hybridized carbons (Fsp3) is 0.273. The molecular weight excluding hydrogens is 372 g/mol. The molecule has 6 heteroatoms. The molecule has 1 unspecified atom stereocenters. The van der Waals surface area contributed by atoms with Crippen LogP contribution in [0.15, 0.2) is 53.9 Å². The highest BCUT2D eigenvalue weighted by Crippen LogP contribution is 2.32. The third-order valence-corrected chi connectivity index (χ3v) is 5.31. The van der Waals surface area contributed by atoms with Gasteiger partial charge in [0.15, 0.2) is 5.65 Å². The normalized spacial score (nSPS) is 17.4. The van der Waals surface area contributed by atoms with Crippen molar-refractivity contribution in [1.82, 2.24) is 14.5 Å². The first-order chi connectivity index (χ1) is 13.4. The Morgan fingerprint density at radius 1 is 1.25 bits per heavy atom. The number of allylic oxidation sites excluding steroid dienone is 3. The zero-order valence-corrected chi connectivity index (χ0v) is 17.0. The summed E-state index contributed by atoms with van der Waals surface area (Å²) >= 11 is 6.00. The van der Waals surface area contributed by atoms with Gasteiger partial charge < -0.3 is 15.0 Å². The van der Waals surface area contributed by atoms with Crippen molar-refractivity contribution in [2.75, 3.05) is 5.73 Å². The Balaban J connectivity index is 1.80. The predicted molar refractivity (Wildman–Crippen MR) is 114 cm³/mol. The molecule has 1 aliphatic heterocycles. The van der Waals surface area contributed by atoms with Crippen molar-refractivity contribution in [3.05, 3.63) is 70.1 Å². The number of fused-ring (bicyclic) bond motifs is 1. The number of pyridine rings is 1.